The molecule has 0 aliphatic carbocycles. The maximum Gasteiger partial charge on any atom is 0.414 e. The number of amides is 3. The highest BCUT2D eigenvalue weighted by atomic mass is 19.1. The smallest absolute Gasteiger partial charge is 0.414 e. The maximum atomic E-state index is 15.2. The van der Waals surface area contributed by atoms with Crippen molar-refractivity contribution in [3.05, 3.63) is 83.9 Å². The molecule has 0 spiro atoms. The van der Waals surface area contributed by atoms with Gasteiger partial charge in [0, 0.05) is 50.0 Å². The standard InChI is InChI=1S/C26H24F2N6O5/c27-21-11-19(33-16-20(39-26(33)37)15-31-24(35)17-3-1-5-29-13-17)12-22(28)23(21)32-7-8-34(38-10-9-32)25(36)18-4-2-6-30-14-18/h1-6,11-14,20H,7-10,15-16H2,(H,31,35)/t20-/m0/s1. The van der Waals surface area contributed by atoms with Gasteiger partial charge in [0.2, 0.25) is 0 Å². The Morgan fingerprint density at radius 3 is 2.36 bits per heavy atom. The molecule has 13 heteroatoms. The Morgan fingerprint density at radius 2 is 1.69 bits per heavy atom. The summed E-state index contributed by atoms with van der Waals surface area (Å²) in [5.74, 6) is -2.54. The van der Waals surface area contributed by atoms with Gasteiger partial charge in [-0.25, -0.2) is 18.6 Å². The maximum absolute atomic E-state index is 15.2. The van der Waals surface area contributed by atoms with Crippen LogP contribution < -0.4 is 15.1 Å². The fourth-order valence-corrected chi connectivity index (χ4v) is 4.32. The highest BCUT2D eigenvalue weighted by Gasteiger charge is 2.34. The molecule has 202 valence electrons. The quantitative estimate of drug-likeness (QED) is 0.509. The van der Waals surface area contributed by atoms with E-state index in [4.69, 9.17) is 9.57 Å². The van der Waals surface area contributed by atoms with E-state index in [2.05, 4.69) is 15.3 Å². The van der Waals surface area contributed by atoms with Crippen molar-refractivity contribution in [3.63, 3.8) is 0 Å². The first kappa shape index (κ1) is 26.0. The van der Waals surface area contributed by atoms with Crippen molar-refractivity contribution in [2.45, 2.75) is 6.10 Å². The predicted octanol–water partition coefficient (Wildman–Crippen LogP) is 2.40. The molecule has 3 amide bonds. The largest absolute Gasteiger partial charge is 0.442 e. The lowest BCUT2D eigenvalue weighted by Crippen LogP contribution is -2.35. The molecular formula is C26H24F2N6O5. The molecule has 2 saturated heterocycles. The van der Waals surface area contributed by atoms with E-state index in [1.807, 2.05) is 0 Å². The molecule has 0 saturated carbocycles. The summed E-state index contributed by atoms with van der Waals surface area (Å²) in [5, 5.41) is 3.80. The van der Waals surface area contributed by atoms with Gasteiger partial charge >= 0.3 is 6.09 Å². The summed E-state index contributed by atoms with van der Waals surface area (Å²) in [5.41, 5.74) is 0.382. The summed E-state index contributed by atoms with van der Waals surface area (Å²) in [4.78, 5) is 53.2. The average molecular weight is 539 g/mol. The van der Waals surface area contributed by atoms with Crippen LogP contribution in [0.3, 0.4) is 0 Å². The van der Waals surface area contributed by atoms with Crippen LogP contribution >= 0.6 is 0 Å². The molecule has 2 aliphatic rings. The number of aromatic nitrogens is 2. The second kappa shape index (κ2) is 11.4. The number of nitrogens with one attached hydrogen (secondary N) is 1. The van der Waals surface area contributed by atoms with Gasteiger partial charge in [0.25, 0.3) is 11.8 Å². The fourth-order valence-electron chi connectivity index (χ4n) is 4.32. The van der Waals surface area contributed by atoms with Crippen LogP contribution in [0.15, 0.2) is 61.2 Å². The number of carbonyl (C=O) groups excluding carboxylic acids is 3. The Labute approximate surface area is 221 Å². The van der Waals surface area contributed by atoms with Crippen molar-refractivity contribution in [1.82, 2.24) is 20.3 Å². The number of halogens is 2. The van der Waals surface area contributed by atoms with Gasteiger partial charge in [0.15, 0.2) is 11.6 Å². The number of nitrogens with zero attached hydrogens (tertiary/aromatic N) is 5. The number of hydroxylamine groups is 2. The van der Waals surface area contributed by atoms with E-state index in [1.54, 1.807) is 30.5 Å². The zero-order valence-electron chi connectivity index (χ0n) is 20.6. The van der Waals surface area contributed by atoms with Gasteiger partial charge in [-0.1, -0.05) is 0 Å². The molecular weight excluding hydrogens is 514 g/mol. The number of ether oxygens (including phenoxy) is 1. The molecule has 2 aromatic heterocycles. The summed E-state index contributed by atoms with van der Waals surface area (Å²) >= 11 is 0. The van der Waals surface area contributed by atoms with Crippen molar-refractivity contribution in [2.75, 3.05) is 49.1 Å². The number of cyclic esters (lactones) is 1. The number of rotatable bonds is 6. The monoisotopic (exact) mass is 538 g/mol. The van der Waals surface area contributed by atoms with E-state index in [1.165, 1.54) is 23.5 Å². The summed E-state index contributed by atoms with van der Waals surface area (Å²) in [6.07, 6.45) is 4.40. The zero-order chi connectivity index (χ0) is 27.4. The van der Waals surface area contributed by atoms with Crippen LogP contribution in [-0.4, -0.2) is 78.4 Å². The third-order valence-corrected chi connectivity index (χ3v) is 6.23. The van der Waals surface area contributed by atoms with Crippen LogP contribution in [0.4, 0.5) is 25.0 Å². The van der Waals surface area contributed by atoms with Gasteiger partial charge in [0.1, 0.15) is 11.8 Å². The van der Waals surface area contributed by atoms with Crippen molar-refractivity contribution < 1.29 is 32.7 Å². The molecule has 11 nitrogen and oxygen atoms in total. The first-order valence-corrected chi connectivity index (χ1v) is 12.2. The van der Waals surface area contributed by atoms with Crippen LogP contribution in [0, 0.1) is 11.6 Å². The molecule has 1 atom stereocenters. The normalized spacial score (nSPS) is 17.5. The molecule has 1 aromatic carbocycles. The molecule has 4 heterocycles. The Bertz CT molecular complexity index is 1340. The third kappa shape index (κ3) is 5.77. The second-order valence-electron chi connectivity index (χ2n) is 8.80. The minimum absolute atomic E-state index is 0.00660. The number of anilines is 2. The van der Waals surface area contributed by atoms with Gasteiger partial charge < -0.3 is 15.0 Å². The Kier molecular flexibility index (Phi) is 7.59. The Balaban J connectivity index is 1.22. The molecule has 2 fully saturated rings. The first-order valence-electron chi connectivity index (χ1n) is 12.2. The summed E-state index contributed by atoms with van der Waals surface area (Å²) in [7, 11) is 0. The van der Waals surface area contributed by atoms with E-state index < -0.39 is 29.7 Å². The van der Waals surface area contributed by atoms with Gasteiger partial charge in [-0.15, -0.1) is 0 Å². The van der Waals surface area contributed by atoms with Crippen molar-refractivity contribution in [3.8, 4) is 0 Å². The fraction of sp³-hybridized carbons (Fsp3) is 0.269. The molecule has 0 bridgehead atoms. The van der Waals surface area contributed by atoms with Crippen LogP contribution in [0.25, 0.3) is 0 Å². The van der Waals surface area contributed by atoms with Crippen molar-refractivity contribution in [2.24, 2.45) is 0 Å². The zero-order valence-corrected chi connectivity index (χ0v) is 20.6. The second-order valence-corrected chi connectivity index (χ2v) is 8.80. The summed E-state index contributed by atoms with van der Waals surface area (Å²) < 4.78 is 35.7. The Hall–Kier alpha value is -4.65. The third-order valence-electron chi connectivity index (χ3n) is 6.23. The average Bonchev–Trinajstić information content (AvgIpc) is 3.16. The minimum atomic E-state index is -0.877. The van der Waals surface area contributed by atoms with E-state index in [0.717, 1.165) is 22.1 Å². The van der Waals surface area contributed by atoms with Crippen molar-refractivity contribution in [1.29, 1.82) is 0 Å². The van der Waals surface area contributed by atoms with Gasteiger partial charge in [0.05, 0.1) is 43.1 Å². The molecule has 0 unspecified atom stereocenters. The van der Waals surface area contributed by atoms with Crippen LogP contribution in [0.2, 0.25) is 0 Å². The van der Waals surface area contributed by atoms with E-state index in [-0.39, 0.29) is 56.6 Å². The summed E-state index contributed by atoms with van der Waals surface area (Å²) in [6, 6.07) is 8.55. The summed E-state index contributed by atoms with van der Waals surface area (Å²) in [6.45, 7) is 0.351. The molecule has 39 heavy (non-hydrogen) atoms. The topological polar surface area (TPSA) is 117 Å². The SMILES string of the molecule is O=C(NC[C@H]1CN(c2cc(F)c(N3CCON(C(=O)c4cccnc4)CC3)c(F)c2)C(=O)O1)c1cccnc1. The molecule has 1 N–H and O–H groups in total. The Morgan fingerprint density at radius 1 is 1.00 bits per heavy atom. The lowest BCUT2D eigenvalue weighted by Gasteiger charge is -2.24. The van der Waals surface area contributed by atoms with Crippen LogP contribution in [0.5, 0.6) is 0 Å². The highest BCUT2D eigenvalue weighted by Crippen LogP contribution is 2.31. The first-order chi connectivity index (χ1) is 18.9. The molecule has 0 radical (unpaired) electrons. The van der Waals surface area contributed by atoms with E-state index in [9.17, 15) is 14.4 Å². The highest BCUT2D eigenvalue weighted by molar-refractivity contribution is 5.94. The molecule has 3 aromatic rings. The predicted molar refractivity (Wildman–Crippen MR) is 134 cm³/mol. The number of carbonyl (C=O) groups is 3. The lowest BCUT2D eigenvalue weighted by atomic mass is 10.2. The number of hydrogen-bond acceptors (Lipinski definition) is 8. The van der Waals surface area contributed by atoms with E-state index in [0.29, 0.717) is 11.1 Å². The van der Waals surface area contributed by atoms with Gasteiger partial charge in [-0.05, 0) is 24.3 Å². The van der Waals surface area contributed by atoms with Gasteiger partial charge in [-0.3, -0.25) is 29.3 Å². The lowest BCUT2D eigenvalue weighted by molar-refractivity contribution is -0.111. The van der Waals surface area contributed by atoms with Crippen molar-refractivity contribution >= 4 is 29.3 Å². The molecule has 2 aliphatic heterocycles. The van der Waals surface area contributed by atoms with Crippen LogP contribution in [-0.2, 0) is 9.57 Å². The van der Waals surface area contributed by atoms with Gasteiger partial charge in [-0.2, -0.15) is 0 Å². The molecule has 5 rings (SSSR count). The van der Waals surface area contributed by atoms with Crippen LogP contribution in [0.1, 0.15) is 20.7 Å². The van der Waals surface area contributed by atoms with E-state index >= 15 is 8.78 Å². The number of hydrogen-bond donors (Lipinski definition) is 1. The number of benzene rings is 1. The number of pyridine rings is 2. The minimum Gasteiger partial charge on any atom is -0.442 e.